The van der Waals surface area contributed by atoms with E-state index in [4.69, 9.17) is 14.2 Å². The summed E-state index contributed by atoms with van der Waals surface area (Å²) in [4.78, 5) is 52.4. The number of esters is 1. The van der Waals surface area contributed by atoms with Crippen molar-refractivity contribution in [1.29, 1.82) is 0 Å². The van der Waals surface area contributed by atoms with Crippen LogP contribution in [-0.2, 0) is 23.9 Å². The maximum atomic E-state index is 12.3. The second-order valence-electron chi connectivity index (χ2n) is 7.51. The number of ether oxygens (including phenoxy) is 3. The number of carbonyl (C=O) groups excluding carboxylic acids is 4. The molecule has 0 fully saturated rings. The third kappa shape index (κ3) is 11.0. The molecular formula is C26H28N2O8S. The molecule has 0 heterocycles. The fourth-order valence-electron chi connectivity index (χ4n) is 2.56. The van der Waals surface area contributed by atoms with Gasteiger partial charge >= 0.3 is 18.0 Å². The highest BCUT2D eigenvalue weighted by Gasteiger charge is 2.11. The summed E-state index contributed by atoms with van der Waals surface area (Å²) < 4.78 is 15.4. The Balaban J connectivity index is 1.71. The van der Waals surface area contributed by atoms with E-state index in [1.165, 1.54) is 32.5 Å². The summed E-state index contributed by atoms with van der Waals surface area (Å²) in [7, 11) is 0. The largest absolute Gasteiger partial charge is 0.490 e. The Morgan fingerprint density at radius 3 is 2.08 bits per heavy atom. The second-order valence-corrected chi connectivity index (χ2v) is 8.66. The van der Waals surface area contributed by atoms with Crippen LogP contribution in [0.25, 0.3) is 0 Å². The smallest absolute Gasteiger partial charge is 0.407 e. The van der Waals surface area contributed by atoms with Crippen molar-refractivity contribution in [2.45, 2.75) is 30.6 Å². The number of hydrogen-bond acceptors (Lipinski definition) is 10. The number of carbonyl (C=O) groups is 4. The fourth-order valence-corrected chi connectivity index (χ4v) is 3.38. The monoisotopic (exact) mass is 528 g/mol. The molecule has 0 aromatic heterocycles. The molecule has 0 saturated carbocycles. The predicted octanol–water partition coefficient (Wildman–Crippen LogP) is 4.18. The molecule has 0 aliphatic rings. The fraction of sp³-hybridized carbons (Fsp3) is 0.269. The van der Waals surface area contributed by atoms with Crippen molar-refractivity contribution >= 4 is 41.3 Å². The average molecular weight is 529 g/mol. The first-order chi connectivity index (χ1) is 17.7. The van der Waals surface area contributed by atoms with Gasteiger partial charge in [-0.2, -0.15) is 0 Å². The van der Waals surface area contributed by atoms with E-state index in [0.29, 0.717) is 11.3 Å². The number of rotatable bonds is 13. The summed E-state index contributed by atoms with van der Waals surface area (Å²) >= 11 is 1.50. The Labute approximate surface area is 219 Å². The summed E-state index contributed by atoms with van der Waals surface area (Å²) in [6.45, 7) is 8.05. The Morgan fingerprint density at radius 2 is 1.49 bits per heavy atom. The molecule has 0 saturated heterocycles. The third-order valence-electron chi connectivity index (χ3n) is 4.35. The first-order valence-electron chi connectivity index (χ1n) is 11.2. The Bertz CT molecular complexity index is 1140. The first kappa shape index (κ1) is 29.1. The first-order valence-corrected chi connectivity index (χ1v) is 12.0. The SMILES string of the molecule is C=C(C)C(=O)OCCNC(=O)OCCOc1ccc(Sc2ccc(C(=O)/C(C)=N/OC(C)=O)cc2)cc1. The number of benzene rings is 2. The zero-order valence-electron chi connectivity index (χ0n) is 20.8. The van der Waals surface area contributed by atoms with Gasteiger partial charge in [0, 0.05) is 27.9 Å². The molecule has 196 valence electrons. The van der Waals surface area contributed by atoms with Gasteiger partial charge in [0.25, 0.3) is 0 Å². The van der Waals surface area contributed by atoms with Gasteiger partial charge < -0.3 is 24.4 Å². The molecule has 1 amide bonds. The maximum absolute atomic E-state index is 12.3. The van der Waals surface area contributed by atoms with Gasteiger partial charge in [0.1, 0.15) is 31.3 Å². The van der Waals surface area contributed by atoms with Crippen molar-refractivity contribution in [3.05, 3.63) is 66.2 Å². The average Bonchev–Trinajstić information content (AvgIpc) is 2.88. The van der Waals surface area contributed by atoms with Crippen molar-refractivity contribution in [3.63, 3.8) is 0 Å². The van der Waals surface area contributed by atoms with Gasteiger partial charge in [0.05, 0.1) is 6.54 Å². The number of Topliss-reactive ketones (excluding diaryl/α,β-unsaturated/α-hetero) is 1. The van der Waals surface area contributed by atoms with Crippen LogP contribution in [0.15, 0.2) is 75.6 Å². The van der Waals surface area contributed by atoms with Crippen LogP contribution in [0, 0.1) is 0 Å². The highest BCUT2D eigenvalue weighted by Crippen LogP contribution is 2.29. The molecule has 0 aliphatic carbocycles. The zero-order chi connectivity index (χ0) is 27.2. The molecule has 2 aromatic carbocycles. The molecule has 0 spiro atoms. The molecular weight excluding hydrogens is 500 g/mol. The molecule has 1 N–H and O–H groups in total. The standard InChI is InChI=1S/C26H28N2O8S/c1-17(2)25(31)34-14-13-27-26(32)35-16-15-33-21-7-11-23(12-8-21)37-22-9-5-20(6-10-22)24(30)18(3)28-36-19(4)29/h5-12H,1,13-16H2,2-4H3,(H,27,32)/b28-18+. The molecule has 0 atom stereocenters. The lowest BCUT2D eigenvalue weighted by Gasteiger charge is -2.09. The summed E-state index contributed by atoms with van der Waals surface area (Å²) in [6.07, 6.45) is -0.638. The number of amides is 1. The van der Waals surface area contributed by atoms with E-state index in [9.17, 15) is 19.2 Å². The summed E-state index contributed by atoms with van der Waals surface area (Å²) in [5.41, 5.74) is 0.803. The quantitative estimate of drug-likeness (QED) is 0.0774. The van der Waals surface area contributed by atoms with Crippen LogP contribution in [-0.4, -0.2) is 55.9 Å². The predicted molar refractivity (Wildman–Crippen MR) is 137 cm³/mol. The molecule has 0 unspecified atom stereocenters. The van der Waals surface area contributed by atoms with Crippen LogP contribution in [0.2, 0.25) is 0 Å². The van der Waals surface area contributed by atoms with Crippen LogP contribution in [0.5, 0.6) is 5.75 Å². The number of nitrogens with one attached hydrogen (secondary N) is 1. The molecule has 2 aromatic rings. The zero-order valence-corrected chi connectivity index (χ0v) is 21.6. The highest BCUT2D eigenvalue weighted by molar-refractivity contribution is 7.99. The van der Waals surface area contributed by atoms with Crippen LogP contribution >= 0.6 is 11.8 Å². The van der Waals surface area contributed by atoms with E-state index in [0.717, 1.165) is 9.79 Å². The van der Waals surface area contributed by atoms with Crippen molar-refractivity contribution in [2.75, 3.05) is 26.4 Å². The molecule has 37 heavy (non-hydrogen) atoms. The number of nitrogens with zero attached hydrogens (tertiary/aromatic N) is 1. The van der Waals surface area contributed by atoms with Gasteiger partial charge in [0.2, 0.25) is 5.78 Å². The van der Waals surface area contributed by atoms with Crippen molar-refractivity contribution in [3.8, 4) is 5.75 Å². The summed E-state index contributed by atoms with van der Waals surface area (Å²) in [6, 6.07) is 14.3. The number of hydrogen-bond donors (Lipinski definition) is 1. The Hall–Kier alpha value is -4.12. The minimum atomic E-state index is -0.638. The van der Waals surface area contributed by atoms with E-state index in [1.807, 2.05) is 24.3 Å². The van der Waals surface area contributed by atoms with Gasteiger partial charge in [0.15, 0.2) is 0 Å². The Kier molecular flexibility index (Phi) is 11.9. The lowest BCUT2D eigenvalue weighted by molar-refractivity contribution is -0.141. The topological polar surface area (TPSA) is 130 Å². The number of oxime groups is 1. The normalized spacial score (nSPS) is 10.7. The van der Waals surface area contributed by atoms with Crippen molar-refractivity contribution in [2.24, 2.45) is 5.16 Å². The second kappa shape index (κ2) is 15.1. The van der Waals surface area contributed by atoms with E-state index < -0.39 is 18.0 Å². The van der Waals surface area contributed by atoms with Crippen LogP contribution < -0.4 is 10.1 Å². The van der Waals surface area contributed by atoms with E-state index >= 15 is 0 Å². The molecule has 0 bridgehead atoms. The third-order valence-corrected chi connectivity index (χ3v) is 5.37. The minimum Gasteiger partial charge on any atom is -0.490 e. The minimum absolute atomic E-state index is 0.0239. The van der Waals surface area contributed by atoms with E-state index in [1.54, 1.807) is 24.3 Å². The number of alkyl carbamates (subject to hydrolysis) is 1. The van der Waals surface area contributed by atoms with E-state index in [-0.39, 0.29) is 43.4 Å². The summed E-state index contributed by atoms with van der Waals surface area (Å²) in [5, 5.41) is 5.98. The number of ketones is 1. The molecule has 0 aliphatic heterocycles. The lowest BCUT2D eigenvalue weighted by atomic mass is 10.1. The van der Waals surface area contributed by atoms with Gasteiger partial charge in [-0.3, -0.25) is 4.79 Å². The van der Waals surface area contributed by atoms with Crippen LogP contribution in [0.3, 0.4) is 0 Å². The Morgan fingerprint density at radius 1 is 0.865 bits per heavy atom. The van der Waals surface area contributed by atoms with E-state index in [2.05, 4.69) is 21.9 Å². The van der Waals surface area contributed by atoms with Gasteiger partial charge in [-0.15, -0.1) is 0 Å². The molecule has 2 rings (SSSR count). The van der Waals surface area contributed by atoms with Gasteiger partial charge in [-0.1, -0.05) is 23.5 Å². The lowest BCUT2D eigenvalue weighted by Crippen LogP contribution is -2.29. The summed E-state index contributed by atoms with van der Waals surface area (Å²) in [5.74, 6) is -0.825. The highest BCUT2D eigenvalue weighted by atomic mass is 32.2. The van der Waals surface area contributed by atoms with Crippen LogP contribution in [0.1, 0.15) is 31.1 Å². The molecule has 0 radical (unpaired) electrons. The maximum Gasteiger partial charge on any atom is 0.407 e. The molecule has 10 nitrogen and oxygen atoms in total. The van der Waals surface area contributed by atoms with Crippen molar-refractivity contribution < 1.29 is 38.2 Å². The van der Waals surface area contributed by atoms with Gasteiger partial charge in [-0.05, 0) is 62.4 Å². The molecule has 11 heteroatoms. The van der Waals surface area contributed by atoms with Gasteiger partial charge in [-0.25, -0.2) is 14.4 Å². The van der Waals surface area contributed by atoms with Crippen molar-refractivity contribution in [1.82, 2.24) is 5.32 Å². The van der Waals surface area contributed by atoms with Crippen LogP contribution in [0.4, 0.5) is 4.79 Å².